The van der Waals surface area contributed by atoms with E-state index in [1.165, 1.54) is 6.33 Å². The largest absolute Gasteiger partial charge is 0.506 e. The normalized spacial score (nSPS) is 14.7. The summed E-state index contributed by atoms with van der Waals surface area (Å²) in [7, 11) is 0. The van der Waals surface area contributed by atoms with Crippen LogP contribution in [-0.4, -0.2) is 63.5 Å². The summed E-state index contributed by atoms with van der Waals surface area (Å²) in [6, 6.07) is 7.26. The van der Waals surface area contributed by atoms with E-state index in [0.29, 0.717) is 32.7 Å². The first-order chi connectivity index (χ1) is 11.7. The van der Waals surface area contributed by atoms with Gasteiger partial charge in [-0.2, -0.15) is 5.10 Å². The third-order valence-corrected chi connectivity index (χ3v) is 4.10. The average Bonchev–Trinajstić information content (AvgIpc) is 3.13. The zero-order valence-electron chi connectivity index (χ0n) is 13.5. The summed E-state index contributed by atoms with van der Waals surface area (Å²) in [6.07, 6.45) is 3.98. The number of para-hydroxylation sites is 2. The predicted octanol–water partition coefficient (Wildman–Crippen LogP) is 0.906. The SMILES string of the molecule is O=C(NCCCn1cncn1)N1CCN(c2ccccc2O)CC1. The number of aromatic hydroxyl groups is 1. The van der Waals surface area contributed by atoms with Crippen LogP contribution in [0.3, 0.4) is 0 Å². The first-order valence-electron chi connectivity index (χ1n) is 8.12. The number of carbonyl (C=O) groups is 1. The lowest BCUT2D eigenvalue weighted by Crippen LogP contribution is -2.52. The number of phenols is 1. The molecule has 2 heterocycles. The van der Waals surface area contributed by atoms with Gasteiger partial charge in [0.15, 0.2) is 0 Å². The van der Waals surface area contributed by atoms with Crippen LogP contribution < -0.4 is 10.2 Å². The van der Waals surface area contributed by atoms with Crippen molar-refractivity contribution in [2.75, 3.05) is 37.6 Å². The molecule has 8 nitrogen and oxygen atoms in total. The molecule has 1 aliphatic heterocycles. The smallest absolute Gasteiger partial charge is 0.317 e. The number of nitrogens with zero attached hydrogens (tertiary/aromatic N) is 5. The van der Waals surface area contributed by atoms with Gasteiger partial charge in [0.1, 0.15) is 18.4 Å². The zero-order valence-corrected chi connectivity index (χ0v) is 13.5. The quantitative estimate of drug-likeness (QED) is 0.796. The van der Waals surface area contributed by atoms with Crippen LogP contribution in [-0.2, 0) is 6.54 Å². The van der Waals surface area contributed by atoms with E-state index in [-0.39, 0.29) is 11.8 Å². The van der Waals surface area contributed by atoms with Crippen molar-refractivity contribution in [1.29, 1.82) is 0 Å². The van der Waals surface area contributed by atoms with Crippen LogP contribution in [0.5, 0.6) is 5.75 Å². The predicted molar refractivity (Wildman–Crippen MR) is 89.9 cm³/mol. The summed E-state index contributed by atoms with van der Waals surface area (Å²) >= 11 is 0. The molecule has 1 aliphatic rings. The van der Waals surface area contributed by atoms with Crippen LogP contribution in [0.1, 0.15) is 6.42 Å². The van der Waals surface area contributed by atoms with Gasteiger partial charge < -0.3 is 20.2 Å². The Labute approximate surface area is 140 Å². The Bertz CT molecular complexity index is 652. The Hall–Kier alpha value is -2.77. The molecule has 24 heavy (non-hydrogen) atoms. The Morgan fingerprint density at radius 2 is 2.00 bits per heavy atom. The number of piperazine rings is 1. The number of hydrogen-bond donors (Lipinski definition) is 2. The summed E-state index contributed by atoms with van der Waals surface area (Å²) in [5, 5.41) is 16.9. The van der Waals surface area contributed by atoms with Gasteiger partial charge >= 0.3 is 6.03 Å². The van der Waals surface area contributed by atoms with E-state index >= 15 is 0 Å². The number of aryl methyl sites for hydroxylation is 1. The molecular formula is C16H22N6O2. The van der Waals surface area contributed by atoms with Crippen molar-refractivity contribution in [2.24, 2.45) is 0 Å². The Kier molecular flexibility index (Phi) is 5.15. The lowest BCUT2D eigenvalue weighted by Gasteiger charge is -2.36. The highest BCUT2D eigenvalue weighted by molar-refractivity contribution is 5.74. The minimum absolute atomic E-state index is 0.0366. The minimum atomic E-state index is -0.0366. The highest BCUT2D eigenvalue weighted by Crippen LogP contribution is 2.27. The molecule has 1 aromatic heterocycles. The molecule has 0 spiro atoms. The van der Waals surface area contributed by atoms with Crippen molar-refractivity contribution in [3.8, 4) is 5.75 Å². The van der Waals surface area contributed by atoms with Gasteiger partial charge in [0, 0.05) is 39.3 Å². The number of carbonyl (C=O) groups excluding carboxylic acids is 1. The van der Waals surface area contributed by atoms with Crippen LogP contribution in [0, 0.1) is 0 Å². The van der Waals surface area contributed by atoms with Crippen molar-refractivity contribution >= 4 is 11.7 Å². The first-order valence-corrected chi connectivity index (χ1v) is 8.12. The highest BCUT2D eigenvalue weighted by Gasteiger charge is 2.22. The molecule has 2 amide bonds. The Morgan fingerprint density at radius 3 is 2.71 bits per heavy atom. The van der Waals surface area contributed by atoms with Crippen molar-refractivity contribution < 1.29 is 9.90 Å². The third-order valence-electron chi connectivity index (χ3n) is 4.10. The van der Waals surface area contributed by atoms with Crippen LogP contribution in [0.4, 0.5) is 10.5 Å². The van der Waals surface area contributed by atoms with E-state index in [4.69, 9.17) is 0 Å². The van der Waals surface area contributed by atoms with E-state index in [2.05, 4.69) is 20.3 Å². The number of aromatic nitrogens is 3. The number of rotatable bonds is 5. The van der Waals surface area contributed by atoms with E-state index in [1.807, 2.05) is 23.1 Å². The molecule has 0 unspecified atom stereocenters. The van der Waals surface area contributed by atoms with Crippen LogP contribution in [0.2, 0.25) is 0 Å². The minimum Gasteiger partial charge on any atom is -0.506 e. The second-order valence-corrected chi connectivity index (χ2v) is 5.71. The van der Waals surface area contributed by atoms with Gasteiger partial charge in [-0.15, -0.1) is 0 Å². The van der Waals surface area contributed by atoms with Crippen molar-refractivity contribution in [3.63, 3.8) is 0 Å². The van der Waals surface area contributed by atoms with Crippen LogP contribution in [0.15, 0.2) is 36.9 Å². The van der Waals surface area contributed by atoms with Crippen LogP contribution >= 0.6 is 0 Å². The molecular weight excluding hydrogens is 308 g/mol. The number of phenolic OH excluding ortho intramolecular Hbond substituents is 1. The average molecular weight is 330 g/mol. The van der Waals surface area contributed by atoms with Gasteiger partial charge in [0.25, 0.3) is 0 Å². The first kappa shape index (κ1) is 16.1. The summed E-state index contributed by atoms with van der Waals surface area (Å²) in [5.74, 6) is 0.281. The number of amides is 2. The Balaban J connectivity index is 1.39. The maximum atomic E-state index is 12.2. The number of anilines is 1. The maximum absolute atomic E-state index is 12.2. The highest BCUT2D eigenvalue weighted by atomic mass is 16.3. The molecule has 0 saturated carbocycles. The number of benzene rings is 1. The van der Waals surface area contributed by atoms with Gasteiger partial charge in [-0.05, 0) is 18.6 Å². The fourth-order valence-electron chi connectivity index (χ4n) is 2.78. The standard InChI is InChI=1S/C16H22N6O2/c23-15-5-2-1-4-14(15)20-8-10-21(11-9-20)16(24)18-6-3-7-22-13-17-12-19-22/h1-2,4-5,12-13,23H,3,6-11H2,(H,18,24). The molecule has 3 rings (SSSR count). The fraction of sp³-hybridized carbons (Fsp3) is 0.438. The second kappa shape index (κ2) is 7.67. The zero-order chi connectivity index (χ0) is 16.8. The van der Waals surface area contributed by atoms with E-state index < -0.39 is 0 Å². The van der Waals surface area contributed by atoms with Gasteiger partial charge in [0.2, 0.25) is 0 Å². The molecule has 1 aromatic carbocycles. The number of nitrogens with one attached hydrogen (secondary N) is 1. The molecule has 8 heteroatoms. The fourth-order valence-corrected chi connectivity index (χ4v) is 2.78. The monoisotopic (exact) mass is 330 g/mol. The maximum Gasteiger partial charge on any atom is 0.317 e. The topological polar surface area (TPSA) is 86.5 Å². The molecule has 2 N–H and O–H groups in total. The van der Waals surface area contributed by atoms with Crippen LogP contribution in [0.25, 0.3) is 0 Å². The van der Waals surface area contributed by atoms with Gasteiger partial charge in [-0.1, -0.05) is 12.1 Å². The van der Waals surface area contributed by atoms with Crippen molar-refractivity contribution in [1.82, 2.24) is 25.0 Å². The molecule has 0 bridgehead atoms. The third kappa shape index (κ3) is 3.95. The molecule has 2 aromatic rings. The molecule has 0 aliphatic carbocycles. The van der Waals surface area contributed by atoms with Gasteiger partial charge in [-0.25, -0.2) is 9.78 Å². The van der Waals surface area contributed by atoms with Crippen molar-refractivity contribution in [2.45, 2.75) is 13.0 Å². The molecule has 1 fully saturated rings. The molecule has 0 radical (unpaired) electrons. The number of urea groups is 1. The van der Waals surface area contributed by atoms with Crippen molar-refractivity contribution in [3.05, 3.63) is 36.9 Å². The summed E-state index contributed by atoms with van der Waals surface area (Å²) in [4.78, 5) is 20.0. The Morgan fingerprint density at radius 1 is 1.21 bits per heavy atom. The van der Waals surface area contributed by atoms with Gasteiger partial charge in [-0.3, -0.25) is 4.68 Å². The summed E-state index contributed by atoms with van der Waals surface area (Å²) in [5.41, 5.74) is 0.824. The lowest BCUT2D eigenvalue weighted by molar-refractivity contribution is 0.194. The molecule has 128 valence electrons. The van der Waals surface area contributed by atoms with Gasteiger partial charge in [0.05, 0.1) is 5.69 Å². The molecule has 1 saturated heterocycles. The van der Waals surface area contributed by atoms with E-state index in [1.54, 1.807) is 17.1 Å². The lowest BCUT2D eigenvalue weighted by atomic mass is 10.2. The van der Waals surface area contributed by atoms with E-state index in [0.717, 1.165) is 18.7 Å². The summed E-state index contributed by atoms with van der Waals surface area (Å²) in [6.45, 7) is 4.06. The van der Waals surface area contributed by atoms with E-state index in [9.17, 15) is 9.90 Å². The number of hydrogen-bond acceptors (Lipinski definition) is 5. The summed E-state index contributed by atoms with van der Waals surface area (Å²) < 4.78 is 1.75. The molecule has 0 atom stereocenters. The second-order valence-electron chi connectivity index (χ2n) is 5.71.